The molecule has 0 N–H and O–H groups in total. The van der Waals surface area contributed by atoms with Crippen molar-refractivity contribution in [1.82, 2.24) is 4.90 Å². The van der Waals surface area contributed by atoms with E-state index in [2.05, 4.69) is 13.8 Å². The summed E-state index contributed by atoms with van der Waals surface area (Å²) in [5.74, 6) is 0.964. The Hall–Kier alpha value is -2.54. The van der Waals surface area contributed by atoms with E-state index in [4.69, 9.17) is 9.47 Å². The van der Waals surface area contributed by atoms with Crippen LogP contribution in [0.5, 0.6) is 5.75 Å². The quantitative estimate of drug-likeness (QED) is 0.648. The van der Waals surface area contributed by atoms with Gasteiger partial charge < -0.3 is 14.4 Å². The molecule has 1 saturated heterocycles. The lowest BCUT2D eigenvalue weighted by Gasteiger charge is -2.25. The van der Waals surface area contributed by atoms with Crippen molar-refractivity contribution < 1.29 is 22.7 Å². The molecule has 1 amide bonds. The Morgan fingerprint density at radius 1 is 1.06 bits per heavy atom. The number of rotatable bonds is 6. The fraction of sp³-hybridized carbons (Fsp3) is 0.458. The van der Waals surface area contributed by atoms with Crippen molar-refractivity contribution in [2.24, 2.45) is 11.3 Å². The smallest absolute Gasteiger partial charge is 0.410 e. The number of likely N-dealkylation sites (tertiary alicyclic amines) is 1. The summed E-state index contributed by atoms with van der Waals surface area (Å²) < 4.78 is 34.6. The summed E-state index contributed by atoms with van der Waals surface area (Å²) in [4.78, 5) is 14.3. The second-order valence-corrected chi connectivity index (χ2v) is 11.1. The van der Waals surface area contributed by atoms with Crippen LogP contribution in [0.2, 0.25) is 0 Å². The largest absolute Gasteiger partial charge is 0.493 e. The van der Waals surface area contributed by atoms with Crippen LogP contribution in [-0.2, 0) is 14.6 Å². The van der Waals surface area contributed by atoms with Crippen molar-refractivity contribution in [3.8, 4) is 16.9 Å². The number of carbonyl (C=O) groups excluding carboxylic acids is 1. The van der Waals surface area contributed by atoms with Gasteiger partial charge in [-0.1, -0.05) is 38.1 Å². The molecular formula is C24H31NO5S. The van der Waals surface area contributed by atoms with Gasteiger partial charge in [0.15, 0.2) is 9.84 Å². The van der Waals surface area contributed by atoms with Crippen LogP contribution in [-0.4, -0.2) is 51.5 Å². The minimum absolute atomic E-state index is 0.0582. The van der Waals surface area contributed by atoms with Crippen LogP contribution in [0.4, 0.5) is 4.79 Å². The maximum absolute atomic E-state index is 12.2. The summed E-state index contributed by atoms with van der Waals surface area (Å²) in [7, 11) is -3.20. The lowest BCUT2D eigenvalue weighted by atomic mass is 9.83. The van der Waals surface area contributed by atoms with Crippen molar-refractivity contribution in [3.05, 3.63) is 48.5 Å². The van der Waals surface area contributed by atoms with E-state index in [1.165, 1.54) is 6.26 Å². The minimum Gasteiger partial charge on any atom is -0.493 e. The van der Waals surface area contributed by atoms with Gasteiger partial charge in [-0.25, -0.2) is 13.2 Å². The van der Waals surface area contributed by atoms with Gasteiger partial charge in [-0.05, 0) is 54.7 Å². The van der Waals surface area contributed by atoms with E-state index in [1.807, 2.05) is 38.1 Å². The Morgan fingerprint density at radius 3 is 2.13 bits per heavy atom. The van der Waals surface area contributed by atoms with E-state index in [9.17, 15) is 13.2 Å². The molecule has 0 aliphatic carbocycles. The van der Waals surface area contributed by atoms with E-state index in [1.54, 1.807) is 29.2 Å². The Labute approximate surface area is 185 Å². The molecule has 31 heavy (non-hydrogen) atoms. The minimum atomic E-state index is -3.20. The molecule has 2 aromatic rings. The molecule has 168 valence electrons. The van der Waals surface area contributed by atoms with Crippen molar-refractivity contribution in [2.45, 2.75) is 38.7 Å². The second kappa shape index (κ2) is 8.91. The molecule has 3 rings (SSSR count). The van der Waals surface area contributed by atoms with Crippen LogP contribution >= 0.6 is 0 Å². The number of nitrogens with zero attached hydrogens (tertiary/aromatic N) is 1. The van der Waals surface area contributed by atoms with Gasteiger partial charge in [0, 0.05) is 25.3 Å². The monoisotopic (exact) mass is 445 g/mol. The molecule has 1 unspecified atom stereocenters. The maximum Gasteiger partial charge on any atom is 0.410 e. The summed E-state index contributed by atoms with van der Waals surface area (Å²) in [6.45, 7) is 9.77. The van der Waals surface area contributed by atoms with Crippen molar-refractivity contribution in [1.29, 1.82) is 0 Å². The number of sulfone groups is 1. The van der Waals surface area contributed by atoms with E-state index >= 15 is 0 Å². The third-order valence-electron chi connectivity index (χ3n) is 5.66. The van der Waals surface area contributed by atoms with Crippen molar-refractivity contribution in [2.75, 3.05) is 26.0 Å². The Morgan fingerprint density at radius 2 is 1.61 bits per heavy atom. The van der Waals surface area contributed by atoms with Crippen LogP contribution in [0.25, 0.3) is 11.1 Å². The maximum atomic E-state index is 12.2. The van der Waals surface area contributed by atoms with E-state index in [0.29, 0.717) is 24.6 Å². The number of benzene rings is 2. The molecule has 1 aliphatic rings. The predicted octanol–water partition coefficient (Wildman–Crippen LogP) is 4.64. The summed E-state index contributed by atoms with van der Waals surface area (Å²) in [5, 5.41) is 0. The fourth-order valence-corrected chi connectivity index (χ4v) is 4.36. The van der Waals surface area contributed by atoms with Gasteiger partial charge in [0.2, 0.25) is 0 Å². The first-order valence-electron chi connectivity index (χ1n) is 10.4. The normalized spacial score (nSPS) is 18.3. The molecule has 2 aromatic carbocycles. The number of amides is 1. The first-order valence-corrected chi connectivity index (χ1v) is 12.3. The fourth-order valence-electron chi connectivity index (χ4n) is 3.73. The molecule has 7 heteroatoms. The van der Waals surface area contributed by atoms with E-state index in [0.717, 1.165) is 16.9 Å². The highest BCUT2D eigenvalue weighted by molar-refractivity contribution is 7.90. The number of hydrogen-bond acceptors (Lipinski definition) is 5. The predicted molar refractivity (Wildman–Crippen MR) is 121 cm³/mol. The first-order chi connectivity index (χ1) is 14.5. The second-order valence-electron chi connectivity index (χ2n) is 9.13. The third-order valence-corrected chi connectivity index (χ3v) is 6.79. The van der Waals surface area contributed by atoms with Gasteiger partial charge in [-0.3, -0.25) is 0 Å². The van der Waals surface area contributed by atoms with Gasteiger partial charge in [0.25, 0.3) is 0 Å². The summed E-state index contributed by atoms with van der Waals surface area (Å²) >= 11 is 0. The zero-order chi connectivity index (χ0) is 22.8. The van der Waals surface area contributed by atoms with Crippen LogP contribution in [0.15, 0.2) is 53.4 Å². The lowest BCUT2D eigenvalue weighted by Crippen LogP contribution is -2.32. The van der Waals surface area contributed by atoms with Crippen LogP contribution in [0.1, 0.15) is 27.7 Å². The molecule has 0 aromatic heterocycles. The molecule has 1 fully saturated rings. The summed E-state index contributed by atoms with van der Waals surface area (Å²) in [6.07, 6.45) is 0.801. The number of ether oxygens (including phenoxy) is 2. The van der Waals surface area contributed by atoms with Gasteiger partial charge in [-0.2, -0.15) is 0 Å². The van der Waals surface area contributed by atoms with Crippen LogP contribution in [0, 0.1) is 11.3 Å². The average Bonchev–Trinajstić information content (AvgIpc) is 3.00. The summed E-state index contributed by atoms with van der Waals surface area (Å²) in [5.41, 5.74) is 1.86. The van der Waals surface area contributed by atoms with Gasteiger partial charge in [0.05, 0.1) is 17.6 Å². The molecule has 0 radical (unpaired) electrons. The standard InChI is InChI=1S/C24H31NO5S/c1-17(2)30-23(26)25-14-20(24(3,4)16-25)15-29-21-10-6-18(7-11-21)19-8-12-22(13-9-19)31(5,27)28/h6-13,17,20H,14-16H2,1-5H3. The molecule has 6 nitrogen and oxygen atoms in total. The van der Waals surface area contributed by atoms with Crippen molar-refractivity contribution in [3.63, 3.8) is 0 Å². The number of carbonyl (C=O) groups is 1. The van der Waals surface area contributed by atoms with E-state index < -0.39 is 9.84 Å². The first kappa shape index (κ1) is 23.1. The van der Waals surface area contributed by atoms with Crippen LogP contribution < -0.4 is 4.74 Å². The Balaban J connectivity index is 1.61. The molecule has 0 bridgehead atoms. The molecule has 0 spiro atoms. The average molecular weight is 446 g/mol. The highest BCUT2D eigenvalue weighted by atomic mass is 32.2. The molecule has 1 heterocycles. The molecule has 1 aliphatic heterocycles. The van der Waals surface area contributed by atoms with E-state index in [-0.39, 0.29) is 23.5 Å². The lowest BCUT2D eigenvalue weighted by molar-refractivity contribution is 0.0806. The highest BCUT2D eigenvalue weighted by Gasteiger charge is 2.42. The highest BCUT2D eigenvalue weighted by Crippen LogP contribution is 2.36. The van der Waals surface area contributed by atoms with Crippen molar-refractivity contribution >= 4 is 15.9 Å². The third kappa shape index (κ3) is 5.79. The Kier molecular flexibility index (Phi) is 6.65. The topological polar surface area (TPSA) is 72.9 Å². The molecular weight excluding hydrogens is 414 g/mol. The SMILES string of the molecule is CC(C)OC(=O)N1CC(COc2ccc(-c3ccc(S(C)(=O)=O)cc3)cc2)C(C)(C)C1. The van der Waals surface area contributed by atoms with Crippen LogP contribution in [0.3, 0.4) is 0 Å². The number of hydrogen-bond donors (Lipinski definition) is 0. The zero-order valence-electron chi connectivity index (χ0n) is 18.8. The zero-order valence-corrected chi connectivity index (χ0v) is 19.6. The molecule has 0 saturated carbocycles. The van der Waals surface area contributed by atoms with Gasteiger partial charge in [-0.15, -0.1) is 0 Å². The molecule has 1 atom stereocenters. The Bertz CT molecular complexity index is 1010. The summed E-state index contributed by atoms with van der Waals surface area (Å²) in [6, 6.07) is 14.6. The van der Waals surface area contributed by atoms with Gasteiger partial charge >= 0.3 is 6.09 Å². The van der Waals surface area contributed by atoms with Gasteiger partial charge in [0.1, 0.15) is 5.75 Å².